The van der Waals surface area contributed by atoms with E-state index in [9.17, 15) is 4.79 Å². The van der Waals surface area contributed by atoms with Crippen LogP contribution in [0.15, 0.2) is 24.4 Å². The maximum atomic E-state index is 13.0. The fourth-order valence-corrected chi connectivity index (χ4v) is 5.02. The van der Waals surface area contributed by atoms with Crippen LogP contribution >= 0.6 is 11.6 Å². The summed E-state index contributed by atoms with van der Waals surface area (Å²) >= 11 is 6.48. The predicted molar refractivity (Wildman–Crippen MR) is 109 cm³/mol. The summed E-state index contributed by atoms with van der Waals surface area (Å²) in [7, 11) is 0. The second-order valence-corrected chi connectivity index (χ2v) is 8.71. The van der Waals surface area contributed by atoms with Gasteiger partial charge < -0.3 is 14.6 Å². The number of hydrogen-bond donors (Lipinski definition) is 1. The summed E-state index contributed by atoms with van der Waals surface area (Å²) in [4.78, 5) is 13.0. The van der Waals surface area contributed by atoms with Crippen LogP contribution in [0.4, 0.5) is 0 Å². The second kappa shape index (κ2) is 8.24. The molecular weight excluding hydrogens is 360 g/mol. The van der Waals surface area contributed by atoms with Gasteiger partial charge in [-0.3, -0.25) is 4.79 Å². The zero-order valence-corrected chi connectivity index (χ0v) is 16.8. The third-order valence-electron chi connectivity index (χ3n) is 6.17. The smallest absolute Gasteiger partial charge is 0.253 e. The van der Waals surface area contributed by atoms with Gasteiger partial charge in [0.1, 0.15) is 0 Å². The summed E-state index contributed by atoms with van der Waals surface area (Å²) in [5.74, 6) is 1.32. The number of nitrogens with one attached hydrogen (secondary N) is 1. The van der Waals surface area contributed by atoms with Crippen molar-refractivity contribution < 1.29 is 9.53 Å². The van der Waals surface area contributed by atoms with Crippen molar-refractivity contribution in [3.05, 3.63) is 35.0 Å². The van der Waals surface area contributed by atoms with E-state index in [4.69, 9.17) is 16.3 Å². The number of halogens is 1. The molecule has 0 spiro atoms. The molecule has 1 aliphatic carbocycles. The average molecular weight is 389 g/mol. The van der Waals surface area contributed by atoms with Crippen molar-refractivity contribution in [2.24, 2.45) is 11.8 Å². The first-order chi connectivity index (χ1) is 13.1. The third-order valence-corrected chi connectivity index (χ3v) is 6.49. The maximum Gasteiger partial charge on any atom is 0.253 e. The fraction of sp³-hybridized carbons (Fsp3) is 0.591. The van der Waals surface area contributed by atoms with Crippen molar-refractivity contribution in [2.45, 2.75) is 51.5 Å². The Hall–Kier alpha value is -1.52. The first kappa shape index (κ1) is 18.8. The summed E-state index contributed by atoms with van der Waals surface area (Å²) in [6, 6.07) is 6.12. The molecule has 27 heavy (non-hydrogen) atoms. The summed E-state index contributed by atoms with van der Waals surface area (Å²) < 4.78 is 7.72. The van der Waals surface area contributed by atoms with E-state index in [2.05, 4.69) is 16.8 Å². The van der Waals surface area contributed by atoms with E-state index in [-0.39, 0.29) is 11.9 Å². The predicted octanol–water partition coefficient (Wildman–Crippen LogP) is 5.20. The molecule has 4 nitrogen and oxygen atoms in total. The van der Waals surface area contributed by atoms with E-state index < -0.39 is 0 Å². The Morgan fingerprint density at radius 2 is 2.15 bits per heavy atom. The zero-order chi connectivity index (χ0) is 18.8. The van der Waals surface area contributed by atoms with Gasteiger partial charge in [-0.2, -0.15) is 0 Å². The molecule has 2 aliphatic rings. The maximum absolute atomic E-state index is 13.0. The van der Waals surface area contributed by atoms with Gasteiger partial charge in [0.25, 0.3) is 5.91 Å². The van der Waals surface area contributed by atoms with Gasteiger partial charge in [0.2, 0.25) is 0 Å². The molecule has 2 aromatic rings. The Labute approximate surface area is 166 Å². The SMILES string of the molecule is CC(CNC(=O)c1cn(C2CCOC2)c2cccc(Cl)c12)CC1CCCC1. The van der Waals surface area contributed by atoms with Gasteiger partial charge in [-0.15, -0.1) is 0 Å². The lowest BCUT2D eigenvalue weighted by Gasteiger charge is -2.16. The number of hydrogen-bond acceptors (Lipinski definition) is 2. The molecule has 1 aliphatic heterocycles. The molecule has 0 bridgehead atoms. The molecule has 1 saturated carbocycles. The van der Waals surface area contributed by atoms with Gasteiger partial charge in [0.15, 0.2) is 0 Å². The number of ether oxygens (including phenoxy) is 1. The van der Waals surface area contributed by atoms with E-state index in [1.807, 2.05) is 24.4 Å². The molecule has 1 amide bonds. The lowest BCUT2D eigenvalue weighted by atomic mass is 9.94. The molecule has 2 atom stereocenters. The highest BCUT2D eigenvalue weighted by atomic mass is 35.5. The monoisotopic (exact) mass is 388 g/mol. The van der Waals surface area contributed by atoms with Gasteiger partial charge in [-0.25, -0.2) is 0 Å². The third kappa shape index (κ3) is 4.02. The Morgan fingerprint density at radius 3 is 2.89 bits per heavy atom. The summed E-state index contributed by atoms with van der Waals surface area (Å²) in [5.41, 5.74) is 1.69. The van der Waals surface area contributed by atoms with Crippen LogP contribution in [0.5, 0.6) is 0 Å². The fourth-order valence-electron chi connectivity index (χ4n) is 4.74. The number of carbonyl (C=O) groups is 1. The lowest BCUT2D eigenvalue weighted by molar-refractivity contribution is 0.0947. The van der Waals surface area contributed by atoms with Crippen LogP contribution < -0.4 is 5.32 Å². The number of carbonyl (C=O) groups excluding carboxylic acids is 1. The molecule has 1 aromatic carbocycles. The molecular formula is C22H29ClN2O2. The van der Waals surface area contributed by atoms with Crippen LogP contribution in [-0.2, 0) is 4.74 Å². The largest absolute Gasteiger partial charge is 0.379 e. The van der Waals surface area contributed by atoms with Crippen molar-refractivity contribution in [3.8, 4) is 0 Å². The van der Waals surface area contributed by atoms with E-state index >= 15 is 0 Å². The highest BCUT2D eigenvalue weighted by Gasteiger charge is 2.24. The Morgan fingerprint density at radius 1 is 1.33 bits per heavy atom. The van der Waals surface area contributed by atoms with Crippen LogP contribution in [0.25, 0.3) is 10.9 Å². The van der Waals surface area contributed by atoms with Crippen molar-refractivity contribution in [1.29, 1.82) is 0 Å². The zero-order valence-electron chi connectivity index (χ0n) is 16.0. The molecule has 2 unspecified atom stereocenters. The van der Waals surface area contributed by atoms with Crippen LogP contribution in [0.1, 0.15) is 61.8 Å². The molecule has 2 heterocycles. The van der Waals surface area contributed by atoms with Gasteiger partial charge in [0.05, 0.1) is 28.8 Å². The van der Waals surface area contributed by atoms with Crippen molar-refractivity contribution in [2.75, 3.05) is 19.8 Å². The Bertz CT molecular complexity index is 804. The van der Waals surface area contributed by atoms with Crippen molar-refractivity contribution in [1.82, 2.24) is 9.88 Å². The molecule has 2 fully saturated rings. The van der Waals surface area contributed by atoms with Crippen LogP contribution in [-0.4, -0.2) is 30.2 Å². The van der Waals surface area contributed by atoms with Crippen LogP contribution in [0, 0.1) is 11.8 Å². The van der Waals surface area contributed by atoms with Crippen LogP contribution in [0.3, 0.4) is 0 Å². The lowest BCUT2D eigenvalue weighted by Crippen LogP contribution is -2.29. The molecule has 1 saturated heterocycles. The first-order valence-corrected chi connectivity index (χ1v) is 10.7. The quantitative estimate of drug-likeness (QED) is 0.738. The van der Waals surface area contributed by atoms with E-state index in [1.54, 1.807) is 0 Å². The van der Waals surface area contributed by atoms with E-state index in [1.165, 1.54) is 32.1 Å². The van der Waals surface area contributed by atoms with Gasteiger partial charge >= 0.3 is 0 Å². The molecule has 0 radical (unpaired) electrons. The van der Waals surface area contributed by atoms with E-state index in [0.717, 1.165) is 36.4 Å². The average Bonchev–Trinajstić information content (AvgIpc) is 3.40. The second-order valence-electron chi connectivity index (χ2n) is 8.30. The minimum absolute atomic E-state index is 0.0240. The normalized spacial score (nSPS) is 21.8. The molecule has 1 aromatic heterocycles. The number of nitrogens with zero attached hydrogens (tertiary/aromatic N) is 1. The van der Waals surface area contributed by atoms with Gasteiger partial charge in [-0.1, -0.05) is 50.3 Å². The minimum atomic E-state index is -0.0240. The molecule has 146 valence electrons. The molecule has 1 N–H and O–H groups in total. The summed E-state index contributed by atoms with van der Waals surface area (Å²) in [5, 5.41) is 4.64. The van der Waals surface area contributed by atoms with E-state index in [0.29, 0.717) is 23.1 Å². The van der Waals surface area contributed by atoms with Crippen molar-refractivity contribution >= 4 is 28.4 Å². The van der Waals surface area contributed by atoms with Crippen molar-refractivity contribution in [3.63, 3.8) is 0 Å². The first-order valence-electron chi connectivity index (χ1n) is 10.3. The molecule has 4 rings (SSSR count). The van der Waals surface area contributed by atoms with Gasteiger partial charge in [0, 0.05) is 24.7 Å². The molecule has 5 heteroatoms. The number of aromatic nitrogens is 1. The van der Waals surface area contributed by atoms with Crippen LogP contribution in [0.2, 0.25) is 5.02 Å². The Balaban J connectivity index is 1.50. The number of fused-ring (bicyclic) bond motifs is 1. The number of benzene rings is 1. The van der Waals surface area contributed by atoms with Gasteiger partial charge in [-0.05, 0) is 36.8 Å². The Kier molecular flexibility index (Phi) is 5.74. The highest BCUT2D eigenvalue weighted by molar-refractivity contribution is 6.36. The summed E-state index contributed by atoms with van der Waals surface area (Å²) in [6.45, 7) is 4.42. The minimum Gasteiger partial charge on any atom is -0.379 e. The number of rotatable bonds is 6. The standard InChI is InChI=1S/C22H29ClN2O2/c1-15(11-16-5-2-3-6-16)12-24-22(26)18-13-25(17-9-10-27-14-17)20-8-4-7-19(23)21(18)20/h4,7-8,13,15-17H,2-3,5-6,9-12,14H2,1H3,(H,24,26). The summed E-state index contributed by atoms with van der Waals surface area (Å²) in [6.07, 6.45) is 9.58. The highest BCUT2D eigenvalue weighted by Crippen LogP contribution is 2.33. The topological polar surface area (TPSA) is 43.3 Å². The number of amides is 1.